The van der Waals surface area contributed by atoms with E-state index in [1.54, 1.807) is 12.1 Å². The molecule has 11 heteroatoms. The minimum atomic E-state index is -4.60. The van der Waals surface area contributed by atoms with Crippen LogP contribution in [-0.2, 0) is 9.53 Å². The fourth-order valence-electron chi connectivity index (χ4n) is 4.93. The summed E-state index contributed by atoms with van der Waals surface area (Å²) in [5.74, 6) is 0.120. The van der Waals surface area contributed by atoms with E-state index in [9.17, 15) is 18.0 Å². The number of nitrogens with one attached hydrogen (secondary N) is 3. The molecule has 252 valence electrons. The van der Waals surface area contributed by atoms with Gasteiger partial charge in [-0.3, -0.25) is 10.1 Å². The zero-order valence-corrected chi connectivity index (χ0v) is 29.2. The Labute approximate surface area is 268 Å². The molecule has 0 spiro atoms. The van der Waals surface area contributed by atoms with Crippen molar-refractivity contribution >= 4 is 25.6 Å². The Bertz CT molecular complexity index is 1200. The van der Waals surface area contributed by atoms with Gasteiger partial charge in [0.1, 0.15) is 11.8 Å². The number of ether oxygens (including phenoxy) is 1. The highest BCUT2D eigenvalue weighted by Gasteiger charge is 2.43. The van der Waals surface area contributed by atoms with Gasteiger partial charge >= 0.3 is 6.18 Å². The molecule has 3 rings (SSSR count). The van der Waals surface area contributed by atoms with Gasteiger partial charge in [-0.2, -0.15) is 13.2 Å². The molecule has 45 heavy (non-hydrogen) atoms. The van der Waals surface area contributed by atoms with Crippen LogP contribution in [0.1, 0.15) is 66.0 Å². The zero-order chi connectivity index (χ0) is 33.4. The van der Waals surface area contributed by atoms with Crippen LogP contribution in [0.25, 0.3) is 0 Å². The molecule has 1 unspecified atom stereocenters. The van der Waals surface area contributed by atoms with Crippen LogP contribution in [0.5, 0.6) is 5.75 Å². The van der Waals surface area contributed by atoms with Crippen molar-refractivity contribution in [2.24, 2.45) is 5.92 Å². The predicted molar refractivity (Wildman–Crippen MR) is 180 cm³/mol. The molecule has 0 aromatic heterocycles. The Morgan fingerprint density at radius 1 is 1.00 bits per heavy atom. The van der Waals surface area contributed by atoms with E-state index in [0.29, 0.717) is 31.9 Å². The van der Waals surface area contributed by atoms with Crippen LogP contribution in [0.4, 0.5) is 24.5 Å². The summed E-state index contributed by atoms with van der Waals surface area (Å²) in [5.41, 5.74) is 2.08. The number of carbonyl (C=O) groups is 1. The number of morpholine rings is 1. The van der Waals surface area contributed by atoms with Gasteiger partial charge in [0.05, 0.1) is 19.3 Å². The molecule has 3 atom stereocenters. The Kier molecular flexibility index (Phi) is 12.8. The van der Waals surface area contributed by atoms with Crippen LogP contribution in [0.2, 0.25) is 18.1 Å². The van der Waals surface area contributed by atoms with Crippen molar-refractivity contribution in [2.75, 3.05) is 43.1 Å². The Hall–Kier alpha value is -2.76. The third-order valence-electron chi connectivity index (χ3n) is 8.75. The molecule has 0 aliphatic carbocycles. The number of carbonyl (C=O) groups excluding carboxylic acids is 1. The van der Waals surface area contributed by atoms with Crippen LogP contribution in [0.15, 0.2) is 48.5 Å². The first kappa shape index (κ1) is 36.7. The number of halogens is 3. The second kappa shape index (κ2) is 15.7. The monoisotopic (exact) mass is 650 g/mol. The molecule has 2 aromatic carbocycles. The van der Waals surface area contributed by atoms with E-state index >= 15 is 0 Å². The van der Waals surface area contributed by atoms with Crippen molar-refractivity contribution in [3.05, 3.63) is 54.1 Å². The fourth-order valence-corrected chi connectivity index (χ4v) is 5.96. The van der Waals surface area contributed by atoms with Gasteiger partial charge in [-0.15, -0.1) is 0 Å². The number of nitrogens with zero attached hydrogens (tertiary/aromatic N) is 1. The van der Waals surface area contributed by atoms with Crippen molar-refractivity contribution in [3.63, 3.8) is 0 Å². The van der Waals surface area contributed by atoms with Gasteiger partial charge in [-0.05, 0) is 78.9 Å². The quantitative estimate of drug-likeness (QED) is 0.184. The van der Waals surface area contributed by atoms with Crippen LogP contribution < -0.4 is 25.3 Å². The van der Waals surface area contributed by atoms with E-state index in [4.69, 9.17) is 9.16 Å². The largest absolute Gasteiger partial charge is 0.544 e. The van der Waals surface area contributed by atoms with Gasteiger partial charge in [-0.1, -0.05) is 53.7 Å². The van der Waals surface area contributed by atoms with Crippen molar-refractivity contribution in [1.29, 1.82) is 0 Å². The summed E-state index contributed by atoms with van der Waals surface area (Å²) in [4.78, 5) is 15.8. The molecule has 1 saturated heterocycles. The molecule has 3 N–H and O–H groups in total. The summed E-state index contributed by atoms with van der Waals surface area (Å²) < 4.78 is 55.0. The van der Waals surface area contributed by atoms with Gasteiger partial charge < -0.3 is 24.7 Å². The van der Waals surface area contributed by atoms with E-state index in [0.717, 1.165) is 24.5 Å². The first-order valence-electron chi connectivity index (χ1n) is 16.1. The van der Waals surface area contributed by atoms with Crippen LogP contribution >= 0.6 is 0 Å². The van der Waals surface area contributed by atoms with Gasteiger partial charge in [0.25, 0.3) is 0 Å². The van der Waals surface area contributed by atoms with Crippen LogP contribution in [0, 0.1) is 5.92 Å². The highest BCUT2D eigenvalue weighted by Crippen LogP contribution is 2.38. The number of rotatable bonds is 14. The average Bonchev–Trinajstić information content (AvgIpc) is 2.97. The van der Waals surface area contributed by atoms with E-state index in [1.807, 2.05) is 32.9 Å². The van der Waals surface area contributed by atoms with Gasteiger partial charge in [-0.25, -0.2) is 0 Å². The van der Waals surface area contributed by atoms with E-state index in [2.05, 4.69) is 66.8 Å². The molecular weight excluding hydrogens is 597 g/mol. The number of anilines is 2. The molecule has 1 aliphatic heterocycles. The minimum absolute atomic E-state index is 0.00526. The summed E-state index contributed by atoms with van der Waals surface area (Å²) in [6.45, 7) is 19.9. The summed E-state index contributed by atoms with van der Waals surface area (Å²) in [5, 5.41) is 8.99. The van der Waals surface area contributed by atoms with E-state index < -0.39 is 32.5 Å². The molecule has 2 aromatic rings. The maximum Gasteiger partial charge on any atom is 0.407 e. The first-order valence-corrected chi connectivity index (χ1v) is 19.0. The Morgan fingerprint density at radius 2 is 1.60 bits per heavy atom. The number of hydrogen-bond donors (Lipinski definition) is 3. The molecule has 7 nitrogen and oxygen atoms in total. The van der Waals surface area contributed by atoms with Crippen LogP contribution in [0.3, 0.4) is 0 Å². The third kappa shape index (κ3) is 10.9. The molecule has 1 aliphatic rings. The summed E-state index contributed by atoms with van der Waals surface area (Å²) >= 11 is 0. The minimum Gasteiger partial charge on any atom is -0.544 e. The second-order valence-electron chi connectivity index (χ2n) is 13.9. The summed E-state index contributed by atoms with van der Waals surface area (Å²) in [6.07, 6.45) is -3.72. The van der Waals surface area contributed by atoms with E-state index in [1.165, 1.54) is 12.1 Å². The van der Waals surface area contributed by atoms with Crippen molar-refractivity contribution < 1.29 is 27.1 Å². The number of hydrogen-bond acceptors (Lipinski definition) is 6. The SMILES string of the molecule is CC[C@@H](CNc1ccc(N2CCOCC2)cc1)NC(=O)C(CC(C)C)N[C@@H](c1ccc(O[Si](C)(C)C(C)(C)C)cc1)C(F)(F)F. The van der Waals surface area contributed by atoms with Crippen LogP contribution in [-0.4, -0.2) is 65.3 Å². The smallest absolute Gasteiger partial charge is 0.407 e. The van der Waals surface area contributed by atoms with Gasteiger partial charge in [0.2, 0.25) is 14.2 Å². The molecule has 1 fully saturated rings. The molecule has 0 saturated carbocycles. The van der Waals surface area contributed by atoms with Gasteiger partial charge in [0.15, 0.2) is 0 Å². The van der Waals surface area contributed by atoms with Crippen molar-refractivity contribution in [1.82, 2.24) is 10.6 Å². The van der Waals surface area contributed by atoms with Crippen molar-refractivity contribution in [3.8, 4) is 5.75 Å². The zero-order valence-electron chi connectivity index (χ0n) is 28.2. The molecule has 1 amide bonds. The molecule has 0 bridgehead atoms. The molecular formula is C34H53F3N4O3Si. The lowest BCUT2D eigenvalue weighted by Crippen LogP contribution is -2.52. The standard InChI is InChI=1S/C34H53F3N4O3Si/c1-9-26(23-38-27-12-14-28(15-13-27)41-18-20-43-21-19-41)39-32(42)30(22-24(2)3)40-31(34(35,36)37)25-10-16-29(17-11-25)44-45(7,8)33(4,5)6/h10-17,24,26,30-31,38,40H,9,18-23H2,1-8H3,(H,39,42)/t26-,30?,31-/m0/s1. The molecule has 1 heterocycles. The Balaban J connectivity index is 1.67. The topological polar surface area (TPSA) is 74.9 Å². The average molecular weight is 651 g/mol. The third-order valence-corrected chi connectivity index (χ3v) is 13.1. The first-order chi connectivity index (χ1) is 21.0. The summed E-state index contributed by atoms with van der Waals surface area (Å²) in [7, 11) is -2.15. The lowest BCUT2D eigenvalue weighted by molar-refractivity contribution is -0.161. The maximum absolute atomic E-state index is 14.4. The lowest BCUT2D eigenvalue weighted by Gasteiger charge is -2.36. The number of benzene rings is 2. The summed E-state index contributed by atoms with van der Waals surface area (Å²) in [6, 6.07) is 10.9. The Morgan fingerprint density at radius 3 is 2.11 bits per heavy atom. The van der Waals surface area contributed by atoms with Crippen molar-refractivity contribution in [2.45, 2.75) is 96.8 Å². The highest BCUT2D eigenvalue weighted by molar-refractivity contribution is 6.74. The number of alkyl halides is 3. The van der Waals surface area contributed by atoms with Gasteiger partial charge in [0, 0.05) is 37.1 Å². The lowest BCUT2D eigenvalue weighted by atomic mass is 9.99. The highest BCUT2D eigenvalue weighted by atomic mass is 28.4. The predicted octanol–water partition coefficient (Wildman–Crippen LogP) is 7.52. The van der Waals surface area contributed by atoms with E-state index in [-0.39, 0.29) is 29.0 Å². The fraction of sp³-hybridized carbons (Fsp3) is 0.618. The second-order valence-corrected chi connectivity index (χ2v) is 18.6. The molecule has 0 radical (unpaired) electrons. The maximum atomic E-state index is 14.4. The normalized spacial score (nSPS) is 16.7. The number of amides is 1.